The summed E-state index contributed by atoms with van der Waals surface area (Å²) in [7, 11) is 1.95. The number of piperidine rings is 1. The highest BCUT2D eigenvalue weighted by Crippen LogP contribution is 2.23. The summed E-state index contributed by atoms with van der Waals surface area (Å²) in [6, 6.07) is 4.65. The first kappa shape index (κ1) is 14.3. The third-order valence-electron chi connectivity index (χ3n) is 3.97. The van der Waals surface area contributed by atoms with Crippen molar-refractivity contribution in [2.45, 2.75) is 24.0 Å². The van der Waals surface area contributed by atoms with E-state index in [1.165, 1.54) is 11.8 Å². The lowest BCUT2D eigenvalue weighted by molar-refractivity contribution is -0.129. The lowest BCUT2D eigenvalue weighted by atomic mass is 10.1. The van der Waals surface area contributed by atoms with Gasteiger partial charge in [0.25, 0.3) is 0 Å². The van der Waals surface area contributed by atoms with Crippen LogP contribution in [0.25, 0.3) is 0 Å². The maximum Gasteiger partial charge on any atom is 0.233 e. The Morgan fingerprint density at radius 2 is 2.00 bits per heavy atom. The highest BCUT2D eigenvalue weighted by atomic mass is 32.2. The quantitative estimate of drug-likeness (QED) is 0.813. The first-order valence-corrected chi connectivity index (χ1v) is 8.23. The van der Waals surface area contributed by atoms with Crippen LogP contribution in [0.3, 0.4) is 0 Å². The number of imidazole rings is 1. The Balaban J connectivity index is 1.48. The standard InChI is InChI=1S/C15H20N4OS/c1-17-11-6-16-15(17)21-12-14(20)19-9-4-13(5-10-19)18-7-2-3-8-18/h2-3,6-8,11,13H,4-5,9-10,12H2,1H3. The number of carbonyl (C=O) groups is 1. The first-order chi connectivity index (χ1) is 10.2. The molecule has 21 heavy (non-hydrogen) atoms. The summed E-state index contributed by atoms with van der Waals surface area (Å²) in [5.41, 5.74) is 0. The molecule has 0 spiro atoms. The summed E-state index contributed by atoms with van der Waals surface area (Å²) >= 11 is 1.51. The third-order valence-corrected chi connectivity index (χ3v) is 5.01. The molecule has 1 saturated heterocycles. The van der Waals surface area contributed by atoms with Crippen LogP contribution in [-0.4, -0.2) is 43.8 Å². The fourth-order valence-electron chi connectivity index (χ4n) is 2.71. The van der Waals surface area contributed by atoms with Crippen molar-refractivity contribution in [3.05, 3.63) is 36.9 Å². The number of rotatable bonds is 4. The van der Waals surface area contributed by atoms with Gasteiger partial charge in [-0.25, -0.2) is 4.98 Å². The zero-order valence-corrected chi connectivity index (χ0v) is 13.0. The molecule has 0 N–H and O–H groups in total. The second kappa shape index (κ2) is 6.39. The molecule has 1 fully saturated rings. The molecule has 3 rings (SSSR count). The smallest absolute Gasteiger partial charge is 0.233 e. The van der Waals surface area contributed by atoms with Crippen molar-refractivity contribution in [2.24, 2.45) is 7.05 Å². The van der Waals surface area contributed by atoms with Crippen LogP contribution >= 0.6 is 11.8 Å². The van der Waals surface area contributed by atoms with Crippen LogP contribution < -0.4 is 0 Å². The molecule has 1 aliphatic heterocycles. The fourth-order valence-corrected chi connectivity index (χ4v) is 3.55. The Kier molecular flexibility index (Phi) is 4.34. The van der Waals surface area contributed by atoms with Crippen molar-refractivity contribution >= 4 is 17.7 Å². The Labute approximate surface area is 129 Å². The van der Waals surface area contributed by atoms with Crippen molar-refractivity contribution in [1.29, 1.82) is 0 Å². The molecule has 0 aliphatic carbocycles. The van der Waals surface area contributed by atoms with Crippen LogP contribution in [-0.2, 0) is 11.8 Å². The van der Waals surface area contributed by atoms with Gasteiger partial charge in [0.15, 0.2) is 5.16 Å². The molecule has 0 saturated carbocycles. The second-order valence-electron chi connectivity index (χ2n) is 5.35. The Bertz CT molecular complexity index is 585. The number of amides is 1. The van der Waals surface area contributed by atoms with Gasteiger partial charge in [0.2, 0.25) is 5.91 Å². The van der Waals surface area contributed by atoms with Crippen LogP contribution in [0.15, 0.2) is 42.1 Å². The van der Waals surface area contributed by atoms with Crippen LogP contribution in [0.5, 0.6) is 0 Å². The molecule has 5 nitrogen and oxygen atoms in total. The lowest BCUT2D eigenvalue weighted by Gasteiger charge is -2.32. The number of aromatic nitrogens is 3. The van der Waals surface area contributed by atoms with Crippen LogP contribution in [0.2, 0.25) is 0 Å². The molecule has 2 aromatic rings. The fraction of sp³-hybridized carbons (Fsp3) is 0.467. The topological polar surface area (TPSA) is 43.1 Å². The maximum atomic E-state index is 12.3. The van der Waals surface area contributed by atoms with Gasteiger partial charge >= 0.3 is 0 Å². The van der Waals surface area contributed by atoms with Crippen LogP contribution in [0.1, 0.15) is 18.9 Å². The molecule has 1 amide bonds. The molecule has 0 radical (unpaired) electrons. The highest BCUT2D eigenvalue weighted by molar-refractivity contribution is 7.99. The van der Waals surface area contributed by atoms with E-state index in [1.807, 2.05) is 22.7 Å². The van der Waals surface area contributed by atoms with Crippen LogP contribution in [0.4, 0.5) is 0 Å². The number of carbonyl (C=O) groups excluding carboxylic acids is 1. The van der Waals surface area contributed by atoms with E-state index in [-0.39, 0.29) is 5.91 Å². The van der Waals surface area contributed by atoms with Gasteiger partial charge in [-0.3, -0.25) is 4.79 Å². The maximum absolute atomic E-state index is 12.3. The van der Waals surface area contributed by atoms with E-state index in [2.05, 4.69) is 34.1 Å². The molecular weight excluding hydrogens is 284 g/mol. The van der Waals surface area contributed by atoms with E-state index in [4.69, 9.17) is 0 Å². The summed E-state index contributed by atoms with van der Waals surface area (Å²) in [4.78, 5) is 18.5. The van der Waals surface area contributed by atoms with Crippen molar-refractivity contribution in [1.82, 2.24) is 19.0 Å². The molecule has 2 aromatic heterocycles. The number of likely N-dealkylation sites (tertiary alicyclic amines) is 1. The average Bonchev–Trinajstić information content (AvgIpc) is 3.17. The lowest BCUT2D eigenvalue weighted by Crippen LogP contribution is -2.39. The van der Waals surface area contributed by atoms with Gasteiger partial charge in [-0.1, -0.05) is 11.8 Å². The predicted octanol–water partition coefficient (Wildman–Crippen LogP) is 2.18. The molecule has 112 valence electrons. The number of hydrogen-bond acceptors (Lipinski definition) is 3. The van der Waals surface area contributed by atoms with Gasteiger partial charge in [-0.15, -0.1) is 0 Å². The van der Waals surface area contributed by atoms with Crippen LogP contribution in [0, 0.1) is 0 Å². The molecule has 0 unspecified atom stereocenters. The number of nitrogens with zero attached hydrogens (tertiary/aromatic N) is 4. The van der Waals surface area contributed by atoms with Gasteiger partial charge in [0, 0.05) is 51.0 Å². The van der Waals surface area contributed by atoms with E-state index in [0.717, 1.165) is 31.1 Å². The molecule has 0 bridgehead atoms. The molecule has 6 heteroatoms. The first-order valence-electron chi connectivity index (χ1n) is 7.24. The minimum absolute atomic E-state index is 0.217. The van der Waals surface area contributed by atoms with Gasteiger partial charge in [0.05, 0.1) is 5.75 Å². The second-order valence-corrected chi connectivity index (χ2v) is 6.29. The van der Waals surface area contributed by atoms with Crippen molar-refractivity contribution < 1.29 is 4.79 Å². The minimum atomic E-state index is 0.217. The molecule has 3 heterocycles. The summed E-state index contributed by atoms with van der Waals surface area (Å²) < 4.78 is 4.20. The van der Waals surface area contributed by atoms with E-state index in [0.29, 0.717) is 11.8 Å². The normalized spacial score (nSPS) is 16.3. The monoisotopic (exact) mass is 304 g/mol. The van der Waals surface area contributed by atoms with Gasteiger partial charge in [0.1, 0.15) is 0 Å². The minimum Gasteiger partial charge on any atom is -0.351 e. The number of aryl methyl sites for hydroxylation is 1. The zero-order chi connectivity index (χ0) is 14.7. The largest absolute Gasteiger partial charge is 0.351 e. The van der Waals surface area contributed by atoms with Crippen molar-refractivity contribution in [3.8, 4) is 0 Å². The molecule has 0 aromatic carbocycles. The third kappa shape index (κ3) is 3.32. The van der Waals surface area contributed by atoms with Crippen molar-refractivity contribution in [3.63, 3.8) is 0 Å². The Morgan fingerprint density at radius 3 is 2.62 bits per heavy atom. The number of hydrogen-bond donors (Lipinski definition) is 0. The average molecular weight is 304 g/mol. The van der Waals surface area contributed by atoms with E-state index < -0.39 is 0 Å². The summed E-state index contributed by atoms with van der Waals surface area (Å²) in [5.74, 6) is 0.688. The zero-order valence-electron chi connectivity index (χ0n) is 12.2. The molecular formula is C15H20N4OS. The SMILES string of the molecule is Cn1ccnc1SCC(=O)N1CCC(n2cccc2)CC1. The number of thioether (sulfide) groups is 1. The van der Waals surface area contributed by atoms with E-state index in [1.54, 1.807) is 6.20 Å². The highest BCUT2D eigenvalue weighted by Gasteiger charge is 2.23. The summed E-state index contributed by atoms with van der Waals surface area (Å²) in [6.45, 7) is 1.70. The molecule has 1 aliphatic rings. The van der Waals surface area contributed by atoms with Gasteiger partial charge in [-0.2, -0.15) is 0 Å². The van der Waals surface area contributed by atoms with Crippen molar-refractivity contribution in [2.75, 3.05) is 18.8 Å². The van der Waals surface area contributed by atoms with Gasteiger partial charge in [-0.05, 0) is 25.0 Å². The summed E-state index contributed by atoms with van der Waals surface area (Å²) in [5, 5.41) is 0.894. The predicted molar refractivity (Wildman–Crippen MR) is 83.2 cm³/mol. The Hall–Kier alpha value is -1.69. The molecule has 0 atom stereocenters. The van der Waals surface area contributed by atoms with E-state index >= 15 is 0 Å². The Morgan fingerprint density at radius 1 is 1.29 bits per heavy atom. The van der Waals surface area contributed by atoms with Gasteiger partial charge < -0.3 is 14.0 Å². The van der Waals surface area contributed by atoms with E-state index in [9.17, 15) is 4.79 Å². The summed E-state index contributed by atoms with van der Waals surface area (Å²) in [6.07, 6.45) is 9.95.